The standard InChI is InChI=1S/C30H37N7O2/c1-3-21-9-14-27-22(19-21)20-26(30(38)31-27)28(29-32-33-34-37(29)24-7-5-4-6-8-24)36-17-15-35(16-18-36)23-10-12-25(39-2)13-11-23/h9-14,19-20,24,28H,3-8,15-18H2,1-2H3,(H,31,38). The van der Waals surface area contributed by atoms with Gasteiger partial charge in [-0.3, -0.25) is 9.69 Å². The third-order valence-corrected chi connectivity index (χ3v) is 8.44. The zero-order valence-corrected chi connectivity index (χ0v) is 22.8. The van der Waals surface area contributed by atoms with Crippen LogP contribution in [0, 0.1) is 0 Å². The van der Waals surface area contributed by atoms with Crippen LogP contribution in [0.3, 0.4) is 0 Å². The number of piperazine rings is 1. The molecule has 2 fully saturated rings. The number of rotatable bonds is 7. The van der Waals surface area contributed by atoms with Gasteiger partial charge in [0.2, 0.25) is 0 Å². The summed E-state index contributed by atoms with van der Waals surface area (Å²) >= 11 is 0. The molecule has 204 valence electrons. The summed E-state index contributed by atoms with van der Waals surface area (Å²) in [6.45, 7) is 5.43. The van der Waals surface area contributed by atoms with Gasteiger partial charge in [0.15, 0.2) is 5.82 Å². The van der Waals surface area contributed by atoms with Crippen molar-refractivity contribution >= 4 is 16.6 Å². The van der Waals surface area contributed by atoms with E-state index < -0.39 is 0 Å². The van der Waals surface area contributed by atoms with Gasteiger partial charge in [0, 0.05) is 42.9 Å². The van der Waals surface area contributed by atoms with Crippen molar-refractivity contribution in [2.24, 2.45) is 0 Å². The van der Waals surface area contributed by atoms with Crippen molar-refractivity contribution in [1.82, 2.24) is 30.1 Å². The molecule has 0 radical (unpaired) electrons. The van der Waals surface area contributed by atoms with E-state index in [0.717, 1.165) is 67.9 Å². The fraction of sp³-hybridized carbons (Fsp3) is 0.467. The zero-order valence-electron chi connectivity index (χ0n) is 22.8. The van der Waals surface area contributed by atoms with Gasteiger partial charge in [-0.2, -0.15) is 0 Å². The van der Waals surface area contributed by atoms with Crippen molar-refractivity contribution in [2.75, 3.05) is 38.2 Å². The van der Waals surface area contributed by atoms with E-state index in [1.54, 1.807) is 7.11 Å². The van der Waals surface area contributed by atoms with E-state index in [4.69, 9.17) is 4.74 Å². The average Bonchev–Trinajstić information content (AvgIpc) is 3.48. The number of nitrogens with zero attached hydrogens (tertiary/aromatic N) is 6. The van der Waals surface area contributed by atoms with Gasteiger partial charge in [0.25, 0.3) is 5.56 Å². The van der Waals surface area contributed by atoms with Gasteiger partial charge in [-0.15, -0.1) is 5.10 Å². The average molecular weight is 528 g/mol. The van der Waals surface area contributed by atoms with Gasteiger partial charge in [-0.05, 0) is 83.1 Å². The third kappa shape index (κ3) is 5.15. The van der Waals surface area contributed by atoms with E-state index in [9.17, 15) is 4.79 Å². The molecule has 1 atom stereocenters. The predicted octanol–water partition coefficient (Wildman–Crippen LogP) is 4.50. The number of methoxy groups -OCH3 is 1. The monoisotopic (exact) mass is 527 g/mol. The van der Waals surface area contributed by atoms with Crippen LogP contribution in [0.25, 0.3) is 10.9 Å². The first-order valence-electron chi connectivity index (χ1n) is 14.2. The van der Waals surface area contributed by atoms with Crippen molar-refractivity contribution in [3.05, 3.63) is 75.8 Å². The first kappa shape index (κ1) is 25.6. The smallest absolute Gasteiger partial charge is 0.253 e. The van der Waals surface area contributed by atoms with Crippen molar-refractivity contribution in [3.8, 4) is 5.75 Å². The quantitative estimate of drug-likeness (QED) is 0.378. The molecule has 0 spiro atoms. The molecule has 1 saturated carbocycles. The Balaban J connectivity index is 1.37. The second kappa shape index (κ2) is 11.2. The molecule has 2 aromatic carbocycles. The van der Waals surface area contributed by atoms with Crippen LogP contribution in [0.5, 0.6) is 5.75 Å². The molecule has 6 rings (SSSR count). The molecule has 1 saturated heterocycles. The maximum Gasteiger partial charge on any atom is 0.253 e. The molecule has 0 amide bonds. The number of aromatic nitrogens is 5. The Hall–Kier alpha value is -3.72. The Morgan fingerprint density at radius 2 is 1.77 bits per heavy atom. The predicted molar refractivity (Wildman–Crippen MR) is 153 cm³/mol. The van der Waals surface area contributed by atoms with Crippen molar-refractivity contribution < 1.29 is 4.74 Å². The van der Waals surface area contributed by atoms with E-state index in [2.05, 4.69) is 67.6 Å². The molecule has 9 nitrogen and oxygen atoms in total. The molecular weight excluding hydrogens is 490 g/mol. The highest BCUT2D eigenvalue weighted by atomic mass is 16.5. The van der Waals surface area contributed by atoms with E-state index in [1.807, 2.05) is 22.9 Å². The largest absolute Gasteiger partial charge is 0.497 e. The first-order valence-corrected chi connectivity index (χ1v) is 14.2. The van der Waals surface area contributed by atoms with Gasteiger partial charge in [0.05, 0.1) is 13.2 Å². The Labute approximate surface area is 228 Å². The fourth-order valence-electron chi connectivity index (χ4n) is 6.19. The Bertz CT molecular complexity index is 1460. The normalized spacial score (nSPS) is 17.9. The van der Waals surface area contributed by atoms with Crippen molar-refractivity contribution in [1.29, 1.82) is 0 Å². The Morgan fingerprint density at radius 3 is 2.49 bits per heavy atom. The van der Waals surface area contributed by atoms with Gasteiger partial charge in [-0.1, -0.05) is 32.3 Å². The highest BCUT2D eigenvalue weighted by Gasteiger charge is 2.34. The minimum absolute atomic E-state index is 0.0764. The lowest BCUT2D eigenvalue weighted by atomic mass is 9.95. The second-order valence-corrected chi connectivity index (χ2v) is 10.7. The van der Waals surface area contributed by atoms with Crippen LogP contribution in [-0.2, 0) is 6.42 Å². The number of benzene rings is 2. The Morgan fingerprint density at radius 1 is 1.00 bits per heavy atom. The summed E-state index contributed by atoms with van der Waals surface area (Å²) in [5.74, 6) is 1.63. The lowest BCUT2D eigenvalue weighted by Crippen LogP contribution is -2.49. The van der Waals surface area contributed by atoms with Crippen LogP contribution in [0.1, 0.15) is 68.1 Å². The number of nitrogens with one attached hydrogen (secondary N) is 1. The number of pyridine rings is 1. The molecule has 39 heavy (non-hydrogen) atoms. The van der Waals surface area contributed by atoms with Gasteiger partial charge in [-0.25, -0.2) is 4.68 Å². The van der Waals surface area contributed by atoms with Crippen LogP contribution < -0.4 is 15.2 Å². The topological polar surface area (TPSA) is 92.2 Å². The van der Waals surface area contributed by atoms with E-state index in [-0.39, 0.29) is 17.6 Å². The number of aryl methyl sites for hydroxylation is 1. The minimum atomic E-state index is -0.321. The summed E-state index contributed by atoms with van der Waals surface area (Å²) in [7, 11) is 1.69. The number of H-pyrrole nitrogens is 1. The number of tetrazole rings is 1. The molecule has 1 N–H and O–H groups in total. The highest BCUT2D eigenvalue weighted by Crippen LogP contribution is 2.34. The Kier molecular flexibility index (Phi) is 7.32. The molecule has 1 unspecified atom stereocenters. The number of aromatic amines is 1. The van der Waals surface area contributed by atoms with E-state index >= 15 is 0 Å². The van der Waals surface area contributed by atoms with Crippen LogP contribution in [0.2, 0.25) is 0 Å². The molecule has 9 heteroatoms. The fourth-order valence-corrected chi connectivity index (χ4v) is 6.19. The van der Waals surface area contributed by atoms with Gasteiger partial charge < -0.3 is 14.6 Å². The van der Waals surface area contributed by atoms with Gasteiger partial charge >= 0.3 is 0 Å². The maximum atomic E-state index is 13.6. The first-order chi connectivity index (χ1) is 19.1. The molecule has 4 aromatic rings. The summed E-state index contributed by atoms with van der Waals surface area (Å²) in [6.07, 6.45) is 6.72. The number of fused-ring (bicyclic) bond motifs is 1. The second-order valence-electron chi connectivity index (χ2n) is 10.7. The number of anilines is 1. The third-order valence-electron chi connectivity index (χ3n) is 8.44. The molecule has 2 aliphatic rings. The number of hydrogen-bond acceptors (Lipinski definition) is 7. The molecule has 1 aliphatic carbocycles. The summed E-state index contributed by atoms with van der Waals surface area (Å²) in [5.41, 5.74) is 3.91. The summed E-state index contributed by atoms with van der Waals surface area (Å²) in [4.78, 5) is 21.5. The van der Waals surface area contributed by atoms with Crippen LogP contribution in [0.4, 0.5) is 5.69 Å². The summed E-state index contributed by atoms with van der Waals surface area (Å²) in [5, 5.41) is 14.2. The zero-order chi connectivity index (χ0) is 26.8. The molecule has 2 aromatic heterocycles. The van der Waals surface area contributed by atoms with Crippen molar-refractivity contribution in [2.45, 2.75) is 57.5 Å². The number of ether oxygens (including phenoxy) is 1. The maximum absolute atomic E-state index is 13.6. The molecule has 0 bridgehead atoms. The number of hydrogen-bond donors (Lipinski definition) is 1. The summed E-state index contributed by atoms with van der Waals surface area (Å²) in [6, 6.07) is 16.5. The van der Waals surface area contributed by atoms with Crippen LogP contribution in [-0.4, -0.2) is 63.4 Å². The van der Waals surface area contributed by atoms with Crippen molar-refractivity contribution in [3.63, 3.8) is 0 Å². The molecule has 1 aliphatic heterocycles. The van der Waals surface area contributed by atoms with Gasteiger partial charge in [0.1, 0.15) is 11.8 Å². The van der Waals surface area contributed by atoms with E-state index in [0.29, 0.717) is 5.56 Å². The highest BCUT2D eigenvalue weighted by molar-refractivity contribution is 5.80. The molecule has 3 heterocycles. The van der Waals surface area contributed by atoms with E-state index in [1.165, 1.54) is 30.5 Å². The SMILES string of the molecule is CCc1ccc2[nH]c(=O)c(C(c3nnnn3C3CCCCC3)N3CCN(c4ccc(OC)cc4)CC3)cc2c1. The minimum Gasteiger partial charge on any atom is -0.497 e. The summed E-state index contributed by atoms with van der Waals surface area (Å²) < 4.78 is 7.35. The van der Waals surface area contributed by atoms with Crippen LogP contribution >= 0.6 is 0 Å². The van der Waals surface area contributed by atoms with Crippen LogP contribution in [0.15, 0.2) is 53.3 Å². The lowest BCUT2D eigenvalue weighted by Gasteiger charge is -2.40. The molecular formula is C30H37N7O2. The lowest BCUT2D eigenvalue weighted by molar-refractivity contribution is 0.192.